The molecule has 0 aliphatic carbocycles. The average Bonchev–Trinajstić information content (AvgIpc) is 2.46. The summed E-state index contributed by atoms with van der Waals surface area (Å²) in [6.07, 6.45) is -3.87. The van der Waals surface area contributed by atoms with Gasteiger partial charge in [0.25, 0.3) is 0 Å². The fourth-order valence-electron chi connectivity index (χ4n) is 1.70. The first-order chi connectivity index (χ1) is 9.39. The standard InChI is InChI=1S/C11H13F3N4O2/c12-11(13,14)8-1-2-9(16-7-8)10(19)18(15)17-3-5-20-6-4-17/h1-2,7H,3-6,15H2. The van der Waals surface area contributed by atoms with Crippen molar-refractivity contribution in [3.8, 4) is 0 Å². The van der Waals surface area contributed by atoms with Gasteiger partial charge in [0.15, 0.2) is 0 Å². The molecule has 1 aromatic heterocycles. The molecule has 1 aliphatic heterocycles. The van der Waals surface area contributed by atoms with Crippen molar-refractivity contribution in [2.45, 2.75) is 6.18 Å². The Morgan fingerprint density at radius 2 is 2.00 bits per heavy atom. The average molecular weight is 290 g/mol. The molecular formula is C11H13F3N4O2. The number of ether oxygens (including phenoxy) is 1. The van der Waals surface area contributed by atoms with Crippen molar-refractivity contribution in [2.24, 2.45) is 5.84 Å². The number of morpholine rings is 1. The van der Waals surface area contributed by atoms with E-state index < -0.39 is 17.6 Å². The molecule has 0 aromatic carbocycles. The normalized spacial score (nSPS) is 17.0. The number of halogens is 3. The van der Waals surface area contributed by atoms with Crippen molar-refractivity contribution in [3.63, 3.8) is 0 Å². The van der Waals surface area contributed by atoms with Crippen LogP contribution in [-0.4, -0.2) is 47.3 Å². The molecule has 6 nitrogen and oxygen atoms in total. The lowest BCUT2D eigenvalue weighted by Crippen LogP contribution is -2.55. The number of rotatable bonds is 2. The van der Waals surface area contributed by atoms with Crippen LogP contribution >= 0.6 is 0 Å². The molecule has 0 spiro atoms. The smallest absolute Gasteiger partial charge is 0.379 e. The Hall–Kier alpha value is -1.71. The molecule has 2 heterocycles. The number of aromatic nitrogens is 1. The Morgan fingerprint density at radius 1 is 1.35 bits per heavy atom. The van der Waals surface area contributed by atoms with Crippen molar-refractivity contribution < 1.29 is 22.7 Å². The van der Waals surface area contributed by atoms with E-state index in [1.54, 1.807) is 5.01 Å². The third-order valence-corrected chi connectivity index (χ3v) is 2.81. The fourth-order valence-corrected chi connectivity index (χ4v) is 1.70. The number of carbonyl (C=O) groups excluding carboxylic acids is 1. The van der Waals surface area contributed by atoms with Crippen LogP contribution in [0.3, 0.4) is 0 Å². The highest BCUT2D eigenvalue weighted by molar-refractivity contribution is 5.91. The summed E-state index contributed by atoms with van der Waals surface area (Å²) in [6, 6.07) is 1.80. The summed E-state index contributed by atoms with van der Waals surface area (Å²) in [6.45, 7) is 1.73. The molecule has 0 unspecified atom stereocenters. The summed E-state index contributed by atoms with van der Waals surface area (Å²) in [5, 5.41) is 2.41. The van der Waals surface area contributed by atoms with Crippen LogP contribution in [0.15, 0.2) is 18.3 Å². The number of amides is 1. The topological polar surface area (TPSA) is 71.7 Å². The van der Waals surface area contributed by atoms with E-state index in [1.807, 2.05) is 0 Å². The van der Waals surface area contributed by atoms with Gasteiger partial charge in [0.05, 0.1) is 18.8 Å². The van der Waals surface area contributed by atoms with Gasteiger partial charge in [0.1, 0.15) is 5.69 Å². The van der Waals surface area contributed by atoms with Gasteiger partial charge in [-0.05, 0) is 12.1 Å². The van der Waals surface area contributed by atoms with Gasteiger partial charge < -0.3 is 4.74 Å². The van der Waals surface area contributed by atoms with E-state index in [2.05, 4.69) is 4.98 Å². The zero-order chi connectivity index (χ0) is 14.8. The summed E-state index contributed by atoms with van der Waals surface area (Å²) >= 11 is 0. The number of carbonyl (C=O) groups is 1. The van der Waals surface area contributed by atoms with Crippen LogP contribution in [0.1, 0.15) is 16.1 Å². The lowest BCUT2D eigenvalue weighted by atomic mass is 10.2. The fraction of sp³-hybridized carbons (Fsp3) is 0.455. The third kappa shape index (κ3) is 3.24. The molecule has 1 saturated heterocycles. The van der Waals surface area contributed by atoms with Crippen LogP contribution < -0.4 is 5.84 Å². The minimum Gasteiger partial charge on any atom is -0.379 e. The zero-order valence-electron chi connectivity index (χ0n) is 10.4. The molecule has 2 rings (SSSR count). The zero-order valence-corrected chi connectivity index (χ0v) is 10.4. The van der Waals surface area contributed by atoms with Gasteiger partial charge in [-0.2, -0.15) is 18.2 Å². The van der Waals surface area contributed by atoms with E-state index in [9.17, 15) is 18.0 Å². The van der Waals surface area contributed by atoms with Gasteiger partial charge in [-0.1, -0.05) is 0 Å². The van der Waals surface area contributed by atoms with Crippen LogP contribution in [0.5, 0.6) is 0 Å². The maximum absolute atomic E-state index is 12.4. The predicted octanol–water partition coefficient (Wildman–Crippen LogP) is 0.664. The van der Waals surface area contributed by atoms with E-state index in [4.69, 9.17) is 10.6 Å². The summed E-state index contributed by atoms with van der Waals surface area (Å²) in [7, 11) is 0. The summed E-state index contributed by atoms with van der Waals surface area (Å²) in [5.74, 6) is 4.97. The van der Waals surface area contributed by atoms with Crippen LogP contribution in [0, 0.1) is 0 Å². The van der Waals surface area contributed by atoms with E-state index >= 15 is 0 Å². The number of nitrogens with zero attached hydrogens (tertiary/aromatic N) is 3. The summed E-state index contributed by atoms with van der Waals surface area (Å²) < 4.78 is 42.3. The Balaban J connectivity index is 2.08. The molecular weight excluding hydrogens is 277 g/mol. The first-order valence-electron chi connectivity index (χ1n) is 5.84. The lowest BCUT2D eigenvalue weighted by Gasteiger charge is -2.33. The molecule has 1 fully saturated rings. The van der Waals surface area contributed by atoms with Crippen LogP contribution in [-0.2, 0) is 10.9 Å². The largest absolute Gasteiger partial charge is 0.417 e. The Morgan fingerprint density at radius 3 is 2.50 bits per heavy atom. The van der Waals surface area contributed by atoms with Gasteiger partial charge in [0.2, 0.25) is 0 Å². The number of nitrogens with two attached hydrogens (primary N) is 1. The van der Waals surface area contributed by atoms with Gasteiger partial charge in [-0.25, -0.2) is 11.0 Å². The maximum atomic E-state index is 12.4. The first-order valence-corrected chi connectivity index (χ1v) is 5.84. The second-order valence-electron chi connectivity index (χ2n) is 4.15. The molecule has 1 aliphatic rings. The van der Waals surface area contributed by atoms with Crippen molar-refractivity contribution in [1.29, 1.82) is 0 Å². The SMILES string of the molecule is NN(C(=O)c1ccc(C(F)(F)F)cn1)N1CCOCC1. The molecule has 2 N–H and O–H groups in total. The van der Waals surface area contributed by atoms with Gasteiger partial charge >= 0.3 is 12.1 Å². The van der Waals surface area contributed by atoms with Crippen molar-refractivity contribution >= 4 is 5.91 Å². The molecule has 9 heteroatoms. The number of hydrazine groups is 2. The molecule has 0 bridgehead atoms. The highest BCUT2D eigenvalue weighted by atomic mass is 19.4. The van der Waals surface area contributed by atoms with E-state index in [-0.39, 0.29) is 5.69 Å². The molecule has 0 atom stereocenters. The van der Waals surface area contributed by atoms with Gasteiger partial charge in [0, 0.05) is 19.3 Å². The highest BCUT2D eigenvalue weighted by Gasteiger charge is 2.31. The van der Waals surface area contributed by atoms with Crippen molar-refractivity contribution in [3.05, 3.63) is 29.6 Å². The second-order valence-corrected chi connectivity index (χ2v) is 4.15. The Labute approximate surface area is 112 Å². The molecule has 0 saturated carbocycles. The molecule has 1 aromatic rings. The monoisotopic (exact) mass is 290 g/mol. The first kappa shape index (κ1) is 14.7. The van der Waals surface area contributed by atoms with Crippen molar-refractivity contribution in [2.75, 3.05) is 26.3 Å². The molecule has 0 radical (unpaired) electrons. The van der Waals surface area contributed by atoms with Crippen LogP contribution in [0.25, 0.3) is 0 Å². The Kier molecular flexibility index (Phi) is 4.21. The maximum Gasteiger partial charge on any atom is 0.417 e. The third-order valence-electron chi connectivity index (χ3n) is 2.81. The highest BCUT2D eigenvalue weighted by Crippen LogP contribution is 2.28. The minimum atomic E-state index is -4.48. The summed E-state index contributed by atoms with van der Waals surface area (Å²) in [5.41, 5.74) is -1.06. The lowest BCUT2D eigenvalue weighted by molar-refractivity contribution is -0.137. The molecule has 20 heavy (non-hydrogen) atoms. The van der Waals surface area contributed by atoms with Crippen LogP contribution in [0.4, 0.5) is 13.2 Å². The minimum absolute atomic E-state index is 0.146. The quantitative estimate of drug-likeness (QED) is 0.492. The van der Waals surface area contributed by atoms with Crippen LogP contribution in [0.2, 0.25) is 0 Å². The number of hydrogen-bond donors (Lipinski definition) is 1. The van der Waals surface area contributed by atoms with Crippen molar-refractivity contribution in [1.82, 2.24) is 15.1 Å². The number of pyridine rings is 1. The second kappa shape index (κ2) is 5.73. The number of alkyl halides is 3. The predicted molar refractivity (Wildman–Crippen MR) is 62.0 cm³/mol. The van der Waals surface area contributed by atoms with E-state index in [0.29, 0.717) is 32.5 Å². The van der Waals surface area contributed by atoms with Gasteiger partial charge in [-0.15, -0.1) is 0 Å². The number of hydrogen-bond acceptors (Lipinski definition) is 5. The van der Waals surface area contributed by atoms with E-state index in [1.165, 1.54) is 0 Å². The Bertz CT molecular complexity index is 472. The summed E-state index contributed by atoms with van der Waals surface area (Å²) in [4.78, 5) is 15.5. The van der Waals surface area contributed by atoms with Gasteiger partial charge in [-0.3, -0.25) is 9.78 Å². The molecule has 110 valence electrons. The molecule has 1 amide bonds. The van der Waals surface area contributed by atoms with E-state index in [0.717, 1.165) is 17.3 Å².